The van der Waals surface area contributed by atoms with Crippen LogP contribution in [-0.4, -0.2) is 61.7 Å². The lowest BCUT2D eigenvalue weighted by molar-refractivity contribution is -0.153. The molecule has 0 bridgehead atoms. The molecular formula is C26H28N4O6S3. The Kier molecular flexibility index (Phi) is 8.82. The summed E-state index contributed by atoms with van der Waals surface area (Å²) >= 11 is 3.83. The number of β-lactam (4-membered cyclic amide) rings is 1. The summed E-state index contributed by atoms with van der Waals surface area (Å²) in [7, 11) is 1.31. The number of aromatic nitrogens is 1. The average Bonchev–Trinajstić information content (AvgIpc) is 3.32. The number of fused-ring (bicyclic) bond motifs is 1. The third kappa shape index (κ3) is 5.89. The number of aliphatic carboxylic acids is 1. The average molecular weight is 589 g/mol. The summed E-state index contributed by atoms with van der Waals surface area (Å²) in [5, 5.41) is 15.3. The zero-order chi connectivity index (χ0) is 28.4. The summed E-state index contributed by atoms with van der Waals surface area (Å²) in [5.41, 5.74) is 10.6. The Hall–Kier alpha value is -3.16. The summed E-state index contributed by atoms with van der Waals surface area (Å²) in [5.74, 6) is -1.76. The van der Waals surface area contributed by atoms with Gasteiger partial charge in [0.2, 0.25) is 5.91 Å². The van der Waals surface area contributed by atoms with Gasteiger partial charge in [-0.25, -0.2) is 9.78 Å². The Labute approximate surface area is 238 Å². The highest BCUT2D eigenvalue weighted by Crippen LogP contribution is 2.46. The fourth-order valence-corrected chi connectivity index (χ4v) is 7.37. The summed E-state index contributed by atoms with van der Waals surface area (Å²) < 4.78 is 0. The number of carbonyl (C=O) groups is 4. The van der Waals surface area contributed by atoms with Crippen LogP contribution in [0.3, 0.4) is 0 Å². The molecule has 3 heterocycles. The molecule has 2 aromatic rings. The van der Waals surface area contributed by atoms with Crippen LogP contribution in [0.15, 0.2) is 33.9 Å². The molecule has 0 radical (unpaired) electrons. The number of oxime groups is 1. The van der Waals surface area contributed by atoms with E-state index in [4.69, 9.17) is 10.6 Å². The van der Waals surface area contributed by atoms with Crippen LogP contribution in [0, 0.1) is 19.8 Å². The number of aryl methyl sites for hydroxylation is 1. The first-order valence-electron chi connectivity index (χ1n) is 12.0. The maximum Gasteiger partial charge on any atom is 0.352 e. The highest BCUT2D eigenvalue weighted by Gasteiger charge is 2.54. The molecule has 13 heteroatoms. The maximum absolute atomic E-state index is 13.2. The molecule has 3 N–H and O–H groups in total. The summed E-state index contributed by atoms with van der Waals surface area (Å²) in [6.07, 6.45) is 0.226. The zero-order valence-electron chi connectivity index (χ0n) is 21.8. The van der Waals surface area contributed by atoms with E-state index in [2.05, 4.69) is 10.1 Å². The number of hydrogen-bond donors (Lipinski definition) is 2. The van der Waals surface area contributed by atoms with Crippen molar-refractivity contribution >= 4 is 68.5 Å². The van der Waals surface area contributed by atoms with Crippen molar-refractivity contribution in [1.29, 1.82) is 0 Å². The molecule has 1 fully saturated rings. The molecule has 10 nitrogen and oxygen atoms in total. The van der Waals surface area contributed by atoms with Crippen molar-refractivity contribution in [3.05, 3.63) is 56.7 Å². The first-order valence-corrected chi connectivity index (χ1v) is 14.9. The van der Waals surface area contributed by atoms with Gasteiger partial charge in [0, 0.05) is 30.2 Å². The molecule has 1 saturated heterocycles. The topological polar surface area (TPSA) is 152 Å². The van der Waals surface area contributed by atoms with E-state index >= 15 is 0 Å². The van der Waals surface area contributed by atoms with Crippen LogP contribution in [0.1, 0.15) is 41.3 Å². The van der Waals surface area contributed by atoms with Crippen LogP contribution in [0.2, 0.25) is 0 Å². The van der Waals surface area contributed by atoms with Gasteiger partial charge in [-0.2, -0.15) is 0 Å². The summed E-state index contributed by atoms with van der Waals surface area (Å²) in [4.78, 5) is 60.4. The number of thioether (sulfide) groups is 2. The summed E-state index contributed by atoms with van der Waals surface area (Å²) in [6, 6.07) is 3.97. The molecule has 0 unspecified atom stereocenters. The largest absolute Gasteiger partial charge is 0.477 e. The Balaban J connectivity index is 1.56. The van der Waals surface area contributed by atoms with Crippen LogP contribution in [0.4, 0.5) is 5.13 Å². The van der Waals surface area contributed by atoms with Crippen molar-refractivity contribution in [2.45, 2.75) is 44.7 Å². The molecule has 4 rings (SSSR count). The predicted octanol–water partition coefficient (Wildman–Crippen LogP) is 3.54. The molecule has 0 spiro atoms. The van der Waals surface area contributed by atoms with E-state index in [1.54, 1.807) is 5.38 Å². The molecule has 1 aromatic carbocycles. The number of nitrogens with zero attached hydrogens (tertiary/aromatic N) is 3. The second kappa shape index (κ2) is 11.9. The number of thiazole rings is 1. The van der Waals surface area contributed by atoms with Crippen molar-refractivity contribution in [3.8, 4) is 0 Å². The highest BCUT2D eigenvalue weighted by molar-refractivity contribution is 8.12. The van der Waals surface area contributed by atoms with Crippen LogP contribution < -0.4 is 5.73 Å². The number of anilines is 1. The normalized spacial score (nSPS) is 19.0. The number of benzene rings is 1. The Morgan fingerprint density at radius 2 is 2.05 bits per heavy atom. The maximum atomic E-state index is 13.2. The third-order valence-corrected chi connectivity index (χ3v) is 9.67. The number of ketones is 1. The number of rotatable bonds is 10. The van der Waals surface area contributed by atoms with Gasteiger partial charge in [0.05, 0.1) is 11.3 Å². The first-order chi connectivity index (χ1) is 18.5. The number of nitrogen functional groups attached to an aromatic ring is 1. The predicted molar refractivity (Wildman–Crippen MR) is 153 cm³/mol. The van der Waals surface area contributed by atoms with Crippen LogP contribution in [-0.2, 0) is 36.2 Å². The zero-order valence-corrected chi connectivity index (χ0v) is 24.3. The lowest BCUT2D eigenvalue weighted by Gasteiger charge is -2.49. The van der Waals surface area contributed by atoms with Crippen molar-refractivity contribution in [2.24, 2.45) is 11.1 Å². The van der Waals surface area contributed by atoms with Crippen LogP contribution in [0.25, 0.3) is 0 Å². The minimum absolute atomic E-state index is 0.0205. The first kappa shape index (κ1) is 28.8. The molecule has 39 heavy (non-hydrogen) atoms. The van der Waals surface area contributed by atoms with Gasteiger partial charge < -0.3 is 15.7 Å². The smallest absolute Gasteiger partial charge is 0.352 e. The van der Waals surface area contributed by atoms with Crippen molar-refractivity contribution in [2.75, 3.05) is 18.6 Å². The van der Waals surface area contributed by atoms with Crippen LogP contribution >= 0.6 is 34.9 Å². The number of hydrogen-bond acceptors (Lipinski definition) is 11. The summed E-state index contributed by atoms with van der Waals surface area (Å²) in [6.45, 7) is 5.47. The Morgan fingerprint density at radius 3 is 2.67 bits per heavy atom. The number of carboxylic acids is 1. The minimum atomic E-state index is -1.17. The molecule has 2 aliphatic rings. The van der Waals surface area contributed by atoms with Crippen molar-refractivity contribution in [1.82, 2.24) is 9.88 Å². The second-order valence-corrected chi connectivity index (χ2v) is 12.3. The standard InChI is InChI=1S/C26H28N4O6S3/c1-12-5-6-15(9-37-14(3)31)13(2)17(12)7-16-10-38-24-18(23(33)30(24)22(16)25(34)35)8-20(32)21(29-36-4)19-11-39-26(27)28-19/h5-6,11,18,24H,7-10H2,1-4H3,(H2,27,28)(H,34,35)/b29-21-/t18-,24-/m1/s1. The Morgan fingerprint density at radius 1 is 1.31 bits per heavy atom. The van der Waals surface area contributed by atoms with E-state index in [1.165, 1.54) is 42.5 Å². The van der Waals surface area contributed by atoms with Gasteiger partial charge in [0.15, 0.2) is 21.7 Å². The molecular weight excluding hydrogens is 561 g/mol. The quantitative estimate of drug-likeness (QED) is 0.239. The second-order valence-electron chi connectivity index (χ2n) is 9.20. The molecule has 206 valence electrons. The number of Topliss-reactive ketones (excluding diaryl/α,β-unsaturated/α-hetero) is 1. The monoisotopic (exact) mass is 588 g/mol. The molecule has 2 atom stereocenters. The van der Waals surface area contributed by atoms with Crippen molar-refractivity contribution in [3.63, 3.8) is 0 Å². The number of carbonyl (C=O) groups excluding carboxylic acids is 3. The number of amides is 1. The molecule has 2 aliphatic heterocycles. The molecule has 1 aromatic heterocycles. The van der Waals surface area contributed by atoms with Gasteiger partial charge in [0.1, 0.15) is 18.5 Å². The lowest BCUT2D eigenvalue weighted by Crippen LogP contribution is -2.62. The van der Waals surface area contributed by atoms with Gasteiger partial charge in [-0.15, -0.1) is 23.1 Å². The van der Waals surface area contributed by atoms with Crippen molar-refractivity contribution < 1.29 is 29.1 Å². The highest BCUT2D eigenvalue weighted by atomic mass is 32.2. The Bertz CT molecular complexity index is 1420. The van der Waals surface area contributed by atoms with E-state index in [0.717, 1.165) is 33.6 Å². The number of carboxylic acid groups (broad SMARTS) is 1. The lowest BCUT2D eigenvalue weighted by atomic mass is 9.87. The van der Waals surface area contributed by atoms with Gasteiger partial charge in [-0.1, -0.05) is 29.1 Å². The van der Waals surface area contributed by atoms with Gasteiger partial charge >= 0.3 is 5.97 Å². The third-order valence-electron chi connectivity index (χ3n) is 6.74. The molecule has 1 amide bonds. The van der Waals surface area contributed by atoms with E-state index in [-0.39, 0.29) is 33.8 Å². The van der Waals surface area contributed by atoms with E-state index in [1.807, 2.05) is 26.0 Å². The fraction of sp³-hybridized carbons (Fsp3) is 0.385. The van der Waals surface area contributed by atoms with Gasteiger partial charge in [0.25, 0.3) is 0 Å². The number of nitrogens with two attached hydrogens (primary N) is 1. The van der Waals surface area contributed by atoms with E-state index in [9.17, 15) is 24.3 Å². The van der Waals surface area contributed by atoms with Crippen LogP contribution in [0.5, 0.6) is 0 Å². The van der Waals surface area contributed by atoms with E-state index < -0.39 is 29.0 Å². The van der Waals surface area contributed by atoms with Gasteiger partial charge in [-0.05, 0) is 48.1 Å². The molecule has 0 aliphatic carbocycles. The van der Waals surface area contributed by atoms with E-state index in [0.29, 0.717) is 23.5 Å². The SMILES string of the molecule is CO/N=C(\C(=O)C[C@@H]1C(=O)N2C(C(=O)O)=C(Cc3c(C)ccc(CSC(C)=O)c3C)CS[C@H]12)c1csc(N)n1. The fourth-order valence-electron chi connectivity index (χ4n) is 4.74. The minimum Gasteiger partial charge on any atom is -0.477 e. The van der Waals surface area contributed by atoms with Gasteiger partial charge in [-0.3, -0.25) is 19.3 Å². The molecule has 0 saturated carbocycles.